The van der Waals surface area contributed by atoms with Crippen LogP contribution >= 0.6 is 11.8 Å². The van der Waals surface area contributed by atoms with Gasteiger partial charge in [-0.15, -0.1) is 11.8 Å². The van der Waals surface area contributed by atoms with Crippen LogP contribution in [0.15, 0.2) is 18.2 Å². The lowest BCUT2D eigenvalue weighted by Gasteiger charge is -2.39. The van der Waals surface area contributed by atoms with Crippen molar-refractivity contribution in [3.8, 4) is 5.75 Å². The number of likely N-dealkylation sites (N-methyl/N-ethyl adjacent to an activating group) is 1. The summed E-state index contributed by atoms with van der Waals surface area (Å²) in [6.07, 6.45) is 1.84. The molecule has 0 radical (unpaired) electrons. The lowest BCUT2D eigenvalue weighted by molar-refractivity contribution is -0.115. The molecule has 0 heterocycles. The second-order valence-electron chi connectivity index (χ2n) is 5.47. The third-order valence-electron chi connectivity index (χ3n) is 4.19. The number of phenolic OH excluding ortho intramolecular Hbond substituents is 1. The van der Waals surface area contributed by atoms with Gasteiger partial charge >= 0.3 is 0 Å². The van der Waals surface area contributed by atoms with E-state index in [2.05, 4.69) is 18.7 Å². The van der Waals surface area contributed by atoms with E-state index in [0.29, 0.717) is 22.8 Å². The highest BCUT2D eigenvalue weighted by Crippen LogP contribution is 2.33. The van der Waals surface area contributed by atoms with Gasteiger partial charge in [0.15, 0.2) is 0 Å². The topological polar surface area (TPSA) is 66.6 Å². The van der Waals surface area contributed by atoms with Crippen LogP contribution in [-0.4, -0.2) is 46.0 Å². The fourth-order valence-corrected chi connectivity index (χ4v) is 4.29. The second-order valence-corrected chi connectivity index (χ2v) is 6.69. The molecule has 2 atom stereocenters. The number of carbonyl (C=O) groups excluding carboxylic acids is 1. The number of hydrogen-bond donors (Lipinski definition) is 2. The van der Waals surface area contributed by atoms with Crippen LogP contribution in [0.3, 0.4) is 0 Å². The number of nitrogens with zero attached hydrogens (tertiary/aromatic N) is 1. The third kappa shape index (κ3) is 3.92. The minimum Gasteiger partial charge on any atom is -0.508 e. The van der Waals surface area contributed by atoms with Crippen molar-refractivity contribution in [1.29, 1.82) is 0 Å². The van der Waals surface area contributed by atoms with Crippen LogP contribution in [0.5, 0.6) is 5.75 Å². The molecule has 0 spiro atoms. The standard InChI is InChI=1S/C16H24N2O2S/c1-3-18(4-2)14-8-12-7-13(19)6-5-11(12)9-15(14)21-10-16(17)20/h5-7,14-15,19H,3-4,8-10H2,1-2H3,(H2,17,20). The summed E-state index contributed by atoms with van der Waals surface area (Å²) in [5.41, 5.74) is 7.81. The summed E-state index contributed by atoms with van der Waals surface area (Å²) in [4.78, 5) is 13.5. The predicted molar refractivity (Wildman–Crippen MR) is 87.7 cm³/mol. The van der Waals surface area contributed by atoms with Gasteiger partial charge in [-0.3, -0.25) is 9.69 Å². The van der Waals surface area contributed by atoms with E-state index in [-0.39, 0.29) is 5.91 Å². The van der Waals surface area contributed by atoms with Crippen LogP contribution < -0.4 is 5.73 Å². The Morgan fingerprint density at radius 3 is 2.67 bits per heavy atom. The molecule has 0 aliphatic heterocycles. The highest BCUT2D eigenvalue weighted by molar-refractivity contribution is 8.00. The van der Waals surface area contributed by atoms with Gasteiger partial charge in [0.2, 0.25) is 5.91 Å². The molecule has 0 fully saturated rings. The number of carbonyl (C=O) groups is 1. The molecule has 1 aliphatic rings. The minimum absolute atomic E-state index is 0.255. The summed E-state index contributed by atoms with van der Waals surface area (Å²) in [6.45, 7) is 6.31. The van der Waals surface area contributed by atoms with Gasteiger partial charge in [0.1, 0.15) is 5.75 Å². The zero-order chi connectivity index (χ0) is 15.4. The van der Waals surface area contributed by atoms with Crippen molar-refractivity contribution < 1.29 is 9.90 Å². The minimum atomic E-state index is -0.255. The molecule has 4 nitrogen and oxygen atoms in total. The molecule has 2 rings (SSSR count). The number of primary amides is 1. The zero-order valence-corrected chi connectivity index (χ0v) is 13.5. The van der Waals surface area contributed by atoms with Crippen LogP contribution in [0.25, 0.3) is 0 Å². The summed E-state index contributed by atoms with van der Waals surface area (Å²) in [6, 6.07) is 6.01. The first kappa shape index (κ1) is 16.2. The molecular weight excluding hydrogens is 284 g/mol. The quantitative estimate of drug-likeness (QED) is 0.841. The first-order valence-electron chi connectivity index (χ1n) is 7.49. The Kier molecular flexibility index (Phi) is 5.53. The first-order valence-corrected chi connectivity index (χ1v) is 8.54. The van der Waals surface area contributed by atoms with Gasteiger partial charge in [0, 0.05) is 11.3 Å². The van der Waals surface area contributed by atoms with E-state index in [1.165, 1.54) is 11.1 Å². The largest absolute Gasteiger partial charge is 0.508 e. The van der Waals surface area contributed by atoms with Gasteiger partial charge in [0.05, 0.1) is 5.75 Å². The molecule has 3 N–H and O–H groups in total. The number of thioether (sulfide) groups is 1. The maximum atomic E-state index is 11.1. The van der Waals surface area contributed by atoms with Crippen molar-refractivity contribution in [2.75, 3.05) is 18.8 Å². The Morgan fingerprint density at radius 2 is 2.05 bits per heavy atom. The van der Waals surface area contributed by atoms with Crippen LogP contribution in [0.1, 0.15) is 25.0 Å². The Bertz CT molecular complexity index is 503. The molecule has 1 aromatic rings. The van der Waals surface area contributed by atoms with Crippen LogP contribution in [-0.2, 0) is 17.6 Å². The second kappa shape index (κ2) is 7.18. The fourth-order valence-electron chi connectivity index (χ4n) is 3.13. The number of nitrogens with two attached hydrogens (primary N) is 1. The molecule has 1 aromatic carbocycles. The average Bonchev–Trinajstić information content (AvgIpc) is 2.46. The van der Waals surface area contributed by atoms with Crippen LogP contribution in [0.2, 0.25) is 0 Å². The first-order chi connectivity index (χ1) is 10.0. The monoisotopic (exact) mass is 308 g/mol. The van der Waals surface area contributed by atoms with Crippen molar-refractivity contribution in [3.63, 3.8) is 0 Å². The van der Waals surface area contributed by atoms with Gasteiger partial charge in [-0.25, -0.2) is 0 Å². The Hall–Kier alpha value is -1.20. The van der Waals surface area contributed by atoms with Crippen molar-refractivity contribution in [2.24, 2.45) is 5.73 Å². The summed E-state index contributed by atoms with van der Waals surface area (Å²) < 4.78 is 0. The van der Waals surface area contributed by atoms with E-state index < -0.39 is 0 Å². The number of aromatic hydroxyl groups is 1. The number of fused-ring (bicyclic) bond motifs is 1. The van der Waals surface area contributed by atoms with Gasteiger partial charge < -0.3 is 10.8 Å². The molecule has 1 amide bonds. The van der Waals surface area contributed by atoms with Crippen LogP contribution in [0, 0.1) is 0 Å². The van der Waals surface area contributed by atoms with Crippen molar-refractivity contribution >= 4 is 17.7 Å². The Balaban J connectivity index is 2.23. The zero-order valence-electron chi connectivity index (χ0n) is 12.7. The van der Waals surface area contributed by atoms with Crippen LogP contribution in [0.4, 0.5) is 0 Å². The lowest BCUT2D eigenvalue weighted by atomic mass is 9.87. The van der Waals surface area contributed by atoms with E-state index in [9.17, 15) is 9.90 Å². The molecule has 0 saturated carbocycles. The van der Waals surface area contributed by atoms with E-state index >= 15 is 0 Å². The highest BCUT2D eigenvalue weighted by Gasteiger charge is 2.32. The molecule has 116 valence electrons. The van der Waals surface area contributed by atoms with Crippen molar-refractivity contribution in [1.82, 2.24) is 4.90 Å². The molecule has 5 heteroatoms. The summed E-state index contributed by atoms with van der Waals surface area (Å²) in [7, 11) is 0. The van der Waals surface area contributed by atoms with E-state index in [1.807, 2.05) is 12.1 Å². The summed E-state index contributed by atoms with van der Waals surface area (Å²) in [5, 5.41) is 10.1. The molecule has 21 heavy (non-hydrogen) atoms. The molecule has 0 aromatic heterocycles. The van der Waals surface area contributed by atoms with Crippen molar-refractivity contribution in [2.45, 2.75) is 38.0 Å². The summed E-state index contributed by atoms with van der Waals surface area (Å²) >= 11 is 1.66. The molecule has 0 saturated heterocycles. The molecule has 1 aliphatic carbocycles. The lowest BCUT2D eigenvalue weighted by Crippen LogP contribution is -2.47. The number of phenols is 1. The van der Waals surface area contributed by atoms with Gasteiger partial charge in [-0.1, -0.05) is 19.9 Å². The third-order valence-corrected chi connectivity index (χ3v) is 5.55. The molecule has 0 bridgehead atoms. The summed E-state index contributed by atoms with van der Waals surface area (Å²) in [5.74, 6) is 0.445. The number of hydrogen-bond acceptors (Lipinski definition) is 4. The van der Waals surface area contributed by atoms with Gasteiger partial charge in [0.25, 0.3) is 0 Å². The SMILES string of the molecule is CCN(CC)C1Cc2cc(O)ccc2CC1SCC(N)=O. The molecular formula is C16H24N2O2S. The predicted octanol–water partition coefficient (Wildman–Crippen LogP) is 1.79. The van der Waals surface area contributed by atoms with Gasteiger partial charge in [-0.2, -0.15) is 0 Å². The average molecular weight is 308 g/mol. The number of amides is 1. The Labute approximate surface area is 130 Å². The normalized spacial score (nSPS) is 21.3. The van der Waals surface area contributed by atoms with Crippen molar-refractivity contribution in [3.05, 3.63) is 29.3 Å². The highest BCUT2D eigenvalue weighted by atomic mass is 32.2. The number of benzene rings is 1. The number of rotatable bonds is 6. The van der Waals surface area contributed by atoms with E-state index in [4.69, 9.17) is 5.73 Å². The Morgan fingerprint density at radius 1 is 1.33 bits per heavy atom. The van der Waals surface area contributed by atoms with Gasteiger partial charge in [-0.05, 0) is 49.2 Å². The molecule has 2 unspecified atom stereocenters. The van der Waals surface area contributed by atoms with E-state index in [0.717, 1.165) is 25.9 Å². The maximum absolute atomic E-state index is 11.1. The maximum Gasteiger partial charge on any atom is 0.227 e. The van der Waals surface area contributed by atoms with E-state index in [1.54, 1.807) is 17.8 Å². The fraction of sp³-hybridized carbons (Fsp3) is 0.562. The smallest absolute Gasteiger partial charge is 0.227 e.